The Kier molecular flexibility index (Phi) is 20.8. The van der Waals surface area contributed by atoms with Crippen LogP contribution < -0.4 is 0 Å². The van der Waals surface area contributed by atoms with Crippen LogP contribution >= 0.6 is 0 Å². The fraction of sp³-hybridized carbons (Fsp3) is 0.120. The van der Waals surface area contributed by atoms with Crippen LogP contribution in [0.1, 0.15) is 89.0 Å². The van der Waals surface area contributed by atoms with Crippen molar-refractivity contribution in [2.24, 2.45) is 0 Å². The molecule has 0 N–H and O–H groups in total. The van der Waals surface area contributed by atoms with Gasteiger partial charge in [-0.3, -0.25) is 0 Å². The van der Waals surface area contributed by atoms with E-state index in [1.807, 2.05) is 0 Å². The predicted octanol–water partition coefficient (Wildman–Crippen LogP) is 35.5. The summed E-state index contributed by atoms with van der Waals surface area (Å²) < 4.78 is 10.0. The van der Waals surface area contributed by atoms with Gasteiger partial charge >= 0.3 is 0 Å². The lowest BCUT2D eigenvalue weighted by atomic mass is 9.95. The minimum Gasteiger partial charge on any atom is -0.309 e. The molecule has 0 aliphatic rings. The SMILES string of the molecule is Cc1ccc(-c2ccc3c(c2)c2cc(-c4ccc(C)cc4C)ccc2n3-c2ccc(-c3nc(-c4ccccc4)nc(-c4ccc(-n5c6ccc(-c7ccc(C)cc7C)cc6c6cc(-c7ccc(C)cc7C)ccc65)cc4-n4c5ccc(-c6ccc(C)cc6C)cc5c5cc(-c6ccc(C)cc6C)ccc54)n3)c(-n3c4ccc(-c5ccc(C)cc5C)cc4c4cc(-c5ccc(C)cc5C)ccc43)c2)c(C)c1. The summed E-state index contributed by atoms with van der Waals surface area (Å²) in [6, 6.07) is 136. The molecule has 0 atom stereocenters. The van der Waals surface area contributed by atoms with Crippen LogP contribution in [-0.4, -0.2) is 33.2 Å². The number of fused-ring (bicyclic) bond motifs is 12. The minimum atomic E-state index is 0.512. The average molecular weight is 1800 g/mol. The lowest BCUT2D eigenvalue weighted by molar-refractivity contribution is 1.05. The Balaban J connectivity index is 0.806. The molecule has 0 unspecified atom stereocenters. The molecular weight excluding hydrogens is 1700 g/mol. The van der Waals surface area contributed by atoms with Crippen LogP contribution in [0, 0.1) is 111 Å². The van der Waals surface area contributed by atoms with E-state index in [0.29, 0.717) is 17.5 Å². The molecule has 0 spiro atoms. The minimum absolute atomic E-state index is 0.512. The number of benzene rings is 19. The molecule has 0 saturated carbocycles. The Bertz CT molecular complexity index is 8430. The summed E-state index contributed by atoms with van der Waals surface area (Å²) in [5, 5.41) is 9.16. The fourth-order valence-electron chi connectivity index (χ4n) is 23.0. The summed E-state index contributed by atoms with van der Waals surface area (Å²) in [4.78, 5) is 18.0. The van der Waals surface area contributed by atoms with Crippen molar-refractivity contribution < 1.29 is 0 Å². The van der Waals surface area contributed by atoms with E-state index in [4.69, 9.17) is 15.0 Å². The highest BCUT2D eigenvalue weighted by Gasteiger charge is 2.29. The molecule has 7 nitrogen and oxygen atoms in total. The fourth-order valence-corrected chi connectivity index (χ4v) is 23.0. The van der Waals surface area contributed by atoms with Gasteiger partial charge in [0.05, 0.1) is 55.5 Å². The van der Waals surface area contributed by atoms with E-state index in [1.165, 1.54) is 156 Å². The molecule has 24 aromatic rings. The normalized spacial score (nSPS) is 11.9. The van der Waals surface area contributed by atoms with Crippen LogP contribution in [0.3, 0.4) is 0 Å². The van der Waals surface area contributed by atoms with Gasteiger partial charge in [0.1, 0.15) is 0 Å². The van der Waals surface area contributed by atoms with E-state index in [0.717, 1.165) is 149 Å². The van der Waals surface area contributed by atoms with E-state index in [1.54, 1.807) is 0 Å². The standard InChI is InChI=1S/C133H107N7/c1-76-22-40-103(84(9)58-76)93-30-50-121-113(66-93)114-67-94(104-41-23-77(2)59-85(104)10)31-51-122(114)137(121)101-38-48-111(129(74-101)139-125-54-34-97(107-44-26-80(5)62-88(107)13)70-117(125)118-71-98(35-55-126(118)139)108-45-27-81(6)63-89(108)14)132-134-131(92-20-18-17-19-21-92)135-133(136-132)112-49-39-102(138-123-52-32-95(105-42-24-78(3)60-86(105)11)68-115(123)116-69-96(33-53-124(116)138)106-43-25-79(4)61-87(106)12)75-130(112)140-127-56-36-99(109-46-28-82(7)64-90(109)15)72-119(127)120-73-100(37-57-128(120)140)110-47-29-83(8)65-91(110)16/h17-75H,1-16H3. The van der Waals surface area contributed by atoms with Crippen LogP contribution in [0.4, 0.5) is 0 Å². The first kappa shape index (κ1) is 86.2. The van der Waals surface area contributed by atoms with Gasteiger partial charge in [0, 0.05) is 71.2 Å². The molecule has 0 radical (unpaired) electrons. The van der Waals surface area contributed by atoms with Crippen molar-refractivity contribution in [2.75, 3.05) is 0 Å². The molecule has 5 aromatic heterocycles. The monoisotopic (exact) mass is 1800 g/mol. The van der Waals surface area contributed by atoms with E-state index in [9.17, 15) is 0 Å². The number of hydrogen-bond donors (Lipinski definition) is 0. The summed E-state index contributed by atoms with van der Waals surface area (Å²) in [5.74, 6) is 1.56. The van der Waals surface area contributed by atoms with Gasteiger partial charge in [0.2, 0.25) is 0 Å². The van der Waals surface area contributed by atoms with Crippen molar-refractivity contribution in [1.29, 1.82) is 0 Å². The summed E-state index contributed by atoms with van der Waals surface area (Å²) in [6.45, 7) is 35.4. The number of aromatic nitrogens is 7. The van der Waals surface area contributed by atoms with Crippen molar-refractivity contribution >= 4 is 87.2 Å². The molecule has 0 aliphatic heterocycles. The molecule has 24 rings (SSSR count). The maximum absolute atomic E-state index is 6.17. The molecule has 674 valence electrons. The maximum atomic E-state index is 6.17. The second kappa shape index (κ2) is 33.7. The summed E-state index contributed by atoms with van der Waals surface area (Å²) in [6.07, 6.45) is 0. The molecule has 0 amide bonds. The third kappa shape index (κ3) is 14.7. The van der Waals surface area contributed by atoms with Gasteiger partial charge in [-0.2, -0.15) is 0 Å². The van der Waals surface area contributed by atoms with E-state index >= 15 is 0 Å². The largest absolute Gasteiger partial charge is 0.309 e. The van der Waals surface area contributed by atoms with Gasteiger partial charge < -0.3 is 18.3 Å². The summed E-state index contributed by atoms with van der Waals surface area (Å²) >= 11 is 0. The van der Waals surface area contributed by atoms with Gasteiger partial charge in [0.25, 0.3) is 0 Å². The molecule has 19 aromatic carbocycles. The van der Waals surface area contributed by atoms with Crippen molar-refractivity contribution in [3.05, 3.63) is 447 Å². The summed E-state index contributed by atoms with van der Waals surface area (Å²) in [5.41, 5.74) is 53.5. The molecule has 0 aliphatic carbocycles. The molecule has 0 fully saturated rings. The van der Waals surface area contributed by atoms with Gasteiger partial charge in [0.15, 0.2) is 17.5 Å². The third-order valence-corrected chi connectivity index (χ3v) is 29.7. The number of aryl methyl sites for hydroxylation is 16. The zero-order valence-corrected chi connectivity index (χ0v) is 82.2. The third-order valence-electron chi connectivity index (χ3n) is 29.7. The van der Waals surface area contributed by atoms with Gasteiger partial charge in [-0.1, -0.05) is 269 Å². The molecular formula is C133H107N7. The Morgan fingerprint density at radius 2 is 0.329 bits per heavy atom. The molecule has 0 bridgehead atoms. The number of hydrogen-bond acceptors (Lipinski definition) is 3. The molecule has 7 heteroatoms. The first-order valence-electron chi connectivity index (χ1n) is 49.0. The van der Waals surface area contributed by atoms with E-state index in [2.05, 4.69) is 487 Å². The second-order valence-corrected chi connectivity index (χ2v) is 39.8. The summed E-state index contributed by atoms with van der Waals surface area (Å²) in [7, 11) is 0. The molecule has 0 saturated heterocycles. The lowest BCUT2D eigenvalue weighted by Gasteiger charge is -2.19. The Hall–Kier alpha value is -16.6. The van der Waals surface area contributed by atoms with Gasteiger partial charge in [-0.25, -0.2) is 15.0 Å². The number of nitrogens with zero attached hydrogens (tertiary/aromatic N) is 7. The first-order chi connectivity index (χ1) is 67.9. The molecule has 5 heterocycles. The van der Waals surface area contributed by atoms with Crippen LogP contribution in [0.25, 0.3) is 233 Å². The number of rotatable bonds is 15. The van der Waals surface area contributed by atoms with Crippen molar-refractivity contribution in [3.8, 4) is 146 Å². The van der Waals surface area contributed by atoms with Crippen molar-refractivity contribution in [2.45, 2.75) is 111 Å². The van der Waals surface area contributed by atoms with Crippen LogP contribution in [0.15, 0.2) is 358 Å². The van der Waals surface area contributed by atoms with Gasteiger partial charge in [-0.05, 0) is 378 Å². The Morgan fingerprint density at radius 1 is 0.143 bits per heavy atom. The second-order valence-electron chi connectivity index (χ2n) is 39.8. The predicted molar refractivity (Wildman–Crippen MR) is 593 cm³/mol. The zero-order chi connectivity index (χ0) is 95.6. The molecule has 140 heavy (non-hydrogen) atoms. The van der Waals surface area contributed by atoms with Crippen molar-refractivity contribution in [3.63, 3.8) is 0 Å². The van der Waals surface area contributed by atoms with Crippen molar-refractivity contribution in [1.82, 2.24) is 33.2 Å². The Labute approximate surface area is 818 Å². The zero-order valence-electron chi connectivity index (χ0n) is 82.2. The quantitative estimate of drug-likeness (QED) is 0.103. The van der Waals surface area contributed by atoms with Crippen LogP contribution in [-0.2, 0) is 0 Å². The highest BCUT2D eigenvalue weighted by Crippen LogP contribution is 2.49. The maximum Gasteiger partial charge on any atom is 0.166 e. The average Bonchev–Trinajstić information content (AvgIpc) is 1.56. The Morgan fingerprint density at radius 3 is 0.529 bits per heavy atom. The van der Waals surface area contributed by atoms with Crippen LogP contribution in [0.2, 0.25) is 0 Å². The van der Waals surface area contributed by atoms with Crippen LogP contribution in [0.5, 0.6) is 0 Å². The first-order valence-corrected chi connectivity index (χ1v) is 49.0. The highest BCUT2D eigenvalue weighted by atomic mass is 15.1. The smallest absolute Gasteiger partial charge is 0.166 e. The highest BCUT2D eigenvalue weighted by molar-refractivity contribution is 6.17. The van der Waals surface area contributed by atoms with Gasteiger partial charge in [-0.15, -0.1) is 0 Å². The van der Waals surface area contributed by atoms with E-state index in [-0.39, 0.29) is 0 Å². The topological polar surface area (TPSA) is 58.4 Å². The lowest BCUT2D eigenvalue weighted by Crippen LogP contribution is -2.07. The van der Waals surface area contributed by atoms with E-state index < -0.39 is 0 Å².